The lowest BCUT2D eigenvalue weighted by Crippen LogP contribution is -2.30. The first-order chi connectivity index (χ1) is 9.07. The van der Waals surface area contributed by atoms with Crippen LogP contribution >= 0.6 is 0 Å². The van der Waals surface area contributed by atoms with Crippen LogP contribution in [-0.4, -0.2) is 38.6 Å². The highest BCUT2D eigenvalue weighted by atomic mass is 32.2. The van der Waals surface area contributed by atoms with Crippen molar-refractivity contribution < 1.29 is 13.2 Å². The van der Waals surface area contributed by atoms with E-state index >= 15 is 0 Å². The molecule has 1 aromatic rings. The van der Waals surface area contributed by atoms with E-state index in [4.69, 9.17) is 4.74 Å². The molecule has 0 bridgehead atoms. The summed E-state index contributed by atoms with van der Waals surface area (Å²) in [6.45, 7) is 2.77. The fourth-order valence-electron chi connectivity index (χ4n) is 2.60. The van der Waals surface area contributed by atoms with Crippen LogP contribution in [-0.2, 0) is 9.84 Å². The molecule has 0 amide bonds. The number of methoxy groups -OCH3 is 1. The lowest BCUT2D eigenvalue weighted by atomic mass is 9.95. The van der Waals surface area contributed by atoms with Crippen LogP contribution < -0.4 is 10.1 Å². The summed E-state index contributed by atoms with van der Waals surface area (Å²) >= 11 is 0. The van der Waals surface area contributed by atoms with Crippen LogP contribution in [0.25, 0.3) is 0 Å². The van der Waals surface area contributed by atoms with Gasteiger partial charge in [-0.05, 0) is 31.0 Å². The van der Waals surface area contributed by atoms with Crippen molar-refractivity contribution in [1.29, 1.82) is 0 Å². The third-order valence-corrected chi connectivity index (χ3v) is 5.27. The van der Waals surface area contributed by atoms with Gasteiger partial charge in [0.1, 0.15) is 5.75 Å². The van der Waals surface area contributed by atoms with Crippen LogP contribution in [0.5, 0.6) is 5.75 Å². The number of rotatable bonds is 5. The van der Waals surface area contributed by atoms with Gasteiger partial charge in [-0.15, -0.1) is 0 Å². The summed E-state index contributed by atoms with van der Waals surface area (Å²) in [6, 6.07) is 3.60. The van der Waals surface area contributed by atoms with E-state index in [1.54, 1.807) is 13.3 Å². The second kappa shape index (κ2) is 5.88. The molecule has 0 aromatic carbocycles. The summed E-state index contributed by atoms with van der Waals surface area (Å²) < 4.78 is 28.6. The Bertz CT molecular complexity index is 530. The maximum absolute atomic E-state index is 11.7. The molecule has 1 aliphatic rings. The van der Waals surface area contributed by atoms with E-state index in [-0.39, 0.29) is 23.5 Å². The van der Waals surface area contributed by atoms with Crippen LogP contribution in [0, 0.1) is 5.92 Å². The molecule has 0 aliphatic carbocycles. The molecule has 1 saturated heterocycles. The van der Waals surface area contributed by atoms with Crippen molar-refractivity contribution in [2.24, 2.45) is 5.92 Å². The number of sulfone groups is 1. The Morgan fingerprint density at radius 3 is 2.95 bits per heavy atom. The first kappa shape index (κ1) is 14.3. The zero-order valence-corrected chi connectivity index (χ0v) is 12.1. The van der Waals surface area contributed by atoms with E-state index in [9.17, 15) is 8.42 Å². The van der Waals surface area contributed by atoms with Gasteiger partial charge in [-0.1, -0.05) is 6.92 Å². The van der Waals surface area contributed by atoms with E-state index < -0.39 is 9.84 Å². The average Bonchev–Trinajstić information content (AvgIpc) is 2.76. The predicted molar refractivity (Wildman–Crippen MR) is 74.0 cm³/mol. The number of hydrogen-bond acceptors (Lipinski definition) is 5. The second-order valence-electron chi connectivity index (χ2n) is 4.79. The van der Waals surface area contributed by atoms with Crippen LogP contribution in [0.1, 0.15) is 25.1 Å². The Morgan fingerprint density at radius 2 is 2.37 bits per heavy atom. The highest BCUT2D eigenvalue weighted by molar-refractivity contribution is 7.91. The third-order valence-electron chi connectivity index (χ3n) is 3.48. The monoisotopic (exact) mass is 284 g/mol. The first-order valence-corrected chi connectivity index (χ1v) is 8.32. The van der Waals surface area contributed by atoms with Gasteiger partial charge in [0.2, 0.25) is 0 Å². The van der Waals surface area contributed by atoms with E-state index in [0.29, 0.717) is 12.2 Å². The molecule has 6 heteroatoms. The maximum Gasteiger partial charge on any atom is 0.150 e. The molecule has 0 radical (unpaired) electrons. The summed E-state index contributed by atoms with van der Waals surface area (Å²) in [5, 5.41) is 3.35. The molecule has 2 unspecified atom stereocenters. The Labute approximate surface area is 114 Å². The molecular formula is C13H20N2O3S. The van der Waals surface area contributed by atoms with Gasteiger partial charge in [-0.3, -0.25) is 4.98 Å². The normalized spacial score (nSPS) is 23.2. The quantitative estimate of drug-likeness (QED) is 0.879. The molecule has 2 rings (SSSR count). The Kier molecular flexibility index (Phi) is 4.42. The fourth-order valence-corrected chi connectivity index (χ4v) is 4.44. The molecule has 5 nitrogen and oxygen atoms in total. The Morgan fingerprint density at radius 1 is 1.58 bits per heavy atom. The molecule has 106 valence electrons. The summed E-state index contributed by atoms with van der Waals surface area (Å²) in [5.74, 6) is 1.27. The molecule has 1 N–H and O–H groups in total. The SMILES string of the molecule is CCNC(c1ncccc1OC)C1CCS(=O)(=O)C1. The highest BCUT2D eigenvalue weighted by Gasteiger charge is 2.35. The van der Waals surface area contributed by atoms with E-state index in [2.05, 4.69) is 10.3 Å². The van der Waals surface area contributed by atoms with Gasteiger partial charge in [-0.25, -0.2) is 8.42 Å². The maximum atomic E-state index is 11.7. The Balaban J connectivity index is 2.30. The second-order valence-corrected chi connectivity index (χ2v) is 7.02. The summed E-state index contributed by atoms with van der Waals surface area (Å²) in [5.41, 5.74) is 0.800. The van der Waals surface area contributed by atoms with Crippen LogP contribution in [0.2, 0.25) is 0 Å². The molecule has 0 saturated carbocycles. The van der Waals surface area contributed by atoms with Gasteiger partial charge < -0.3 is 10.1 Å². The van der Waals surface area contributed by atoms with Crippen LogP contribution in [0.15, 0.2) is 18.3 Å². The lowest BCUT2D eigenvalue weighted by molar-refractivity contribution is 0.356. The van der Waals surface area contributed by atoms with Gasteiger partial charge in [0.15, 0.2) is 9.84 Å². The standard InChI is InChI=1S/C13H20N2O3S/c1-3-14-12(10-6-8-19(16,17)9-10)13-11(18-2)5-4-7-15-13/h4-5,7,10,12,14H,3,6,8-9H2,1-2H3. The molecule has 1 aliphatic heterocycles. The molecule has 2 heterocycles. The summed E-state index contributed by atoms with van der Waals surface area (Å²) in [4.78, 5) is 4.38. The largest absolute Gasteiger partial charge is 0.495 e. The van der Waals surface area contributed by atoms with Crippen LogP contribution in [0.3, 0.4) is 0 Å². The zero-order valence-electron chi connectivity index (χ0n) is 11.3. The topological polar surface area (TPSA) is 68.3 Å². The van der Waals surface area contributed by atoms with E-state index in [1.165, 1.54) is 0 Å². The smallest absolute Gasteiger partial charge is 0.150 e. The number of ether oxygens (including phenoxy) is 1. The van der Waals surface area contributed by atoms with Crippen molar-refractivity contribution >= 4 is 9.84 Å². The van der Waals surface area contributed by atoms with Gasteiger partial charge in [0.25, 0.3) is 0 Å². The predicted octanol–water partition coefficient (Wildman–Crippen LogP) is 1.18. The Hall–Kier alpha value is -1.14. The molecule has 1 aromatic heterocycles. The van der Waals surface area contributed by atoms with Gasteiger partial charge in [-0.2, -0.15) is 0 Å². The highest BCUT2D eigenvalue weighted by Crippen LogP contribution is 2.34. The third kappa shape index (κ3) is 3.25. The molecule has 19 heavy (non-hydrogen) atoms. The van der Waals surface area contributed by atoms with Crippen LogP contribution in [0.4, 0.5) is 0 Å². The van der Waals surface area contributed by atoms with E-state index in [1.807, 2.05) is 19.1 Å². The van der Waals surface area contributed by atoms with Crippen molar-refractivity contribution in [2.45, 2.75) is 19.4 Å². The minimum absolute atomic E-state index is 0.0637. The van der Waals surface area contributed by atoms with Crippen molar-refractivity contribution in [3.05, 3.63) is 24.0 Å². The lowest BCUT2D eigenvalue weighted by Gasteiger charge is -2.24. The minimum Gasteiger partial charge on any atom is -0.495 e. The van der Waals surface area contributed by atoms with Crippen molar-refractivity contribution in [3.8, 4) is 5.75 Å². The zero-order chi connectivity index (χ0) is 13.9. The number of nitrogens with one attached hydrogen (secondary N) is 1. The number of pyridine rings is 1. The average molecular weight is 284 g/mol. The van der Waals surface area contributed by atoms with Crippen molar-refractivity contribution in [3.63, 3.8) is 0 Å². The van der Waals surface area contributed by atoms with E-state index in [0.717, 1.165) is 12.2 Å². The number of nitrogens with zero attached hydrogens (tertiary/aromatic N) is 1. The molecular weight excluding hydrogens is 264 g/mol. The minimum atomic E-state index is -2.89. The van der Waals surface area contributed by atoms with Crippen molar-refractivity contribution in [1.82, 2.24) is 10.3 Å². The number of aromatic nitrogens is 1. The molecule has 0 spiro atoms. The van der Waals surface area contributed by atoms with Crippen molar-refractivity contribution in [2.75, 3.05) is 25.2 Å². The fraction of sp³-hybridized carbons (Fsp3) is 0.615. The molecule has 1 fully saturated rings. The van der Waals surface area contributed by atoms with Gasteiger partial charge in [0, 0.05) is 6.20 Å². The summed E-state index contributed by atoms with van der Waals surface area (Å²) in [7, 11) is -1.29. The van der Waals surface area contributed by atoms with Gasteiger partial charge >= 0.3 is 0 Å². The molecule has 2 atom stereocenters. The number of hydrogen-bond donors (Lipinski definition) is 1. The summed E-state index contributed by atoms with van der Waals surface area (Å²) in [6.07, 6.45) is 2.39. The first-order valence-electron chi connectivity index (χ1n) is 6.50. The van der Waals surface area contributed by atoms with Gasteiger partial charge in [0.05, 0.1) is 30.4 Å².